The van der Waals surface area contributed by atoms with Crippen molar-refractivity contribution in [3.8, 4) is 0 Å². The average molecular weight is 193 g/mol. The smallest absolute Gasteiger partial charge is 0.339 e. The Morgan fingerprint density at radius 1 is 1.50 bits per heavy atom. The van der Waals surface area contributed by atoms with Crippen LogP contribution in [0.1, 0.15) is 29.9 Å². The number of pyridine rings is 1. The van der Waals surface area contributed by atoms with Crippen molar-refractivity contribution in [3.05, 3.63) is 29.6 Å². The number of carbonyl (C=O) groups is 1. The highest BCUT2D eigenvalue weighted by Crippen LogP contribution is 2.06. The van der Waals surface area contributed by atoms with Crippen LogP contribution >= 0.6 is 0 Å². The maximum absolute atomic E-state index is 11.1. The number of methoxy groups -OCH3 is 1. The van der Waals surface area contributed by atoms with E-state index in [1.54, 1.807) is 12.3 Å². The summed E-state index contributed by atoms with van der Waals surface area (Å²) in [4.78, 5) is 15.3. The largest absolute Gasteiger partial charge is 0.465 e. The van der Waals surface area contributed by atoms with Crippen molar-refractivity contribution in [2.75, 3.05) is 7.11 Å². The summed E-state index contributed by atoms with van der Waals surface area (Å²) in [7, 11) is 1.37. The van der Waals surface area contributed by atoms with Gasteiger partial charge in [-0.15, -0.1) is 0 Å². The SMILES string of the molecule is COC(=O)c1ccc(CC(C)C)nc1. The molecular weight excluding hydrogens is 178 g/mol. The molecule has 0 aliphatic rings. The van der Waals surface area contributed by atoms with Crippen molar-refractivity contribution in [1.82, 2.24) is 4.98 Å². The Balaban J connectivity index is 2.73. The summed E-state index contributed by atoms with van der Waals surface area (Å²) in [6.07, 6.45) is 2.49. The molecule has 3 heteroatoms. The Labute approximate surface area is 84.1 Å². The van der Waals surface area contributed by atoms with Crippen LogP contribution in [-0.4, -0.2) is 18.1 Å². The standard InChI is InChI=1S/C11H15NO2/c1-8(2)6-10-5-4-9(7-12-10)11(13)14-3/h4-5,7-8H,6H2,1-3H3. The van der Waals surface area contributed by atoms with E-state index in [4.69, 9.17) is 0 Å². The number of carbonyl (C=O) groups excluding carboxylic acids is 1. The maximum atomic E-state index is 11.1. The lowest BCUT2D eigenvalue weighted by atomic mass is 10.1. The average Bonchev–Trinajstić information content (AvgIpc) is 2.17. The number of rotatable bonds is 3. The molecule has 1 heterocycles. The molecule has 76 valence electrons. The first-order valence-corrected chi connectivity index (χ1v) is 4.66. The first-order valence-electron chi connectivity index (χ1n) is 4.66. The minimum Gasteiger partial charge on any atom is -0.465 e. The van der Waals surface area contributed by atoms with Crippen LogP contribution in [0, 0.1) is 5.92 Å². The van der Waals surface area contributed by atoms with E-state index in [9.17, 15) is 4.79 Å². The third-order valence-corrected chi connectivity index (χ3v) is 1.86. The molecule has 0 unspecified atom stereocenters. The molecule has 0 saturated carbocycles. The first-order chi connectivity index (χ1) is 6.63. The molecule has 0 bridgehead atoms. The predicted molar refractivity (Wildman–Crippen MR) is 54.1 cm³/mol. The van der Waals surface area contributed by atoms with Crippen molar-refractivity contribution in [1.29, 1.82) is 0 Å². The summed E-state index contributed by atoms with van der Waals surface area (Å²) >= 11 is 0. The number of esters is 1. The van der Waals surface area contributed by atoms with Crippen molar-refractivity contribution in [2.24, 2.45) is 5.92 Å². The Morgan fingerprint density at radius 2 is 2.21 bits per heavy atom. The van der Waals surface area contributed by atoms with Gasteiger partial charge in [-0.25, -0.2) is 4.79 Å². The molecule has 1 aromatic heterocycles. The quantitative estimate of drug-likeness (QED) is 0.690. The number of nitrogens with zero attached hydrogens (tertiary/aromatic N) is 1. The molecule has 1 rings (SSSR count). The fourth-order valence-electron chi connectivity index (χ4n) is 1.20. The molecule has 0 saturated heterocycles. The van der Waals surface area contributed by atoms with Crippen LogP contribution in [0.2, 0.25) is 0 Å². The van der Waals surface area contributed by atoms with Crippen LogP contribution < -0.4 is 0 Å². The Hall–Kier alpha value is -1.38. The summed E-state index contributed by atoms with van der Waals surface area (Å²) in [5.41, 5.74) is 1.51. The fourth-order valence-corrected chi connectivity index (χ4v) is 1.20. The van der Waals surface area contributed by atoms with Gasteiger partial charge in [-0.2, -0.15) is 0 Å². The third-order valence-electron chi connectivity index (χ3n) is 1.86. The number of ether oxygens (including phenoxy) is 1. The summed E-state index contributed by atoms with van der Waals surface area (Å²) in [5.74, 6) is 0.236. The molecule has 0 aliphatic carbocycles. The van der Waals surface area contributed by atoms with Gasteiger partial charge in [0.25, 0.3) is 0 Å². The second-order valence-electron chi connectivity index (χ2n) is 3.63. The first kappa shape index (κ1) is 10.7. The summed E-state index contributed by atoms with van der Waals surface area (Å²) in [6, 6.07) is 3.61. The lowest BCUT2D eigenvalue weighted by Crippen LogP contribution is -2.03. The van der Waals surface area contributed by atoms with Crippen molar-refractivity contribution in [2.45, 2.75) is 20.3 Å². The highest BCUT2D eigenvalue weighted by atomic mass is 16.5. The van der Waals surface area contributed by atoms with Gasteiger partial charge in [0.15, 0.2) is 0 Å². The van der Waals surface area contributed by atoms with E-state index in [1.165, 1.54) is 7.11 Å². The number of hydrogen-bond donors (Lipinski definition) is 0. The highest BCUT2D eigenvalue weighted by Gasteiger charge is 2.05. The van der Waals surface area contributed by atoms with Crippen LogP contribution in [0.3, 0.4) is 0 Å². The molecule has 0 radical (unpaired) electrons. The zero-order chi connectivity index (χ0) is 10.6. The molecule has 0 amide bonds. The van der Waals surface area contributed by atoms with Gasteiger partial charge in [-0.1, -0.05) is 13.8 Å². The minimum atomic E-state index is -0.339. The Kier molecular flexibility index (Phi) is 3.63. The van der Waals surface area contributed by atoms with Gasteiger partial charge < -0.3 is 4.74 Å². The normalized spacial score (nSPS) is 10.3. The van der Waals surface area contributed by atoms with E-state index in [2.05, 4.69) is 23.6 Å². The molecule has 1 aromatic rings. The molecule has 0 aliphatic heterocycles. The molecule has 0 spiro atoms. The Morgan fingerprint density at radius 3 is 2.64 bits per heavy atom. The lowest BCUT2D eigenvalue weighted by molar-refractivity contribution is 0.0600. The van der Waals surface area contributed by atoms with Gasteiger partial charge in [0.2, 0.25) is 0 Å². The zero-order valence-corrected chi connectivity index (χ0v) is 8.78. The van der Waals surface area contributed by atoms with Crippen LogP contribution in [0.25, 0.3) is 0 Å². The molecular formula is C11H15NO2. The van der Waals surface area contributed by atoms with Gasteiger partial charge in [-0.05, 0) is 24.5 Å². The second-order valence-corrected chi connectivity index (χ2v) is 3.63. The van der Waals surface area contributed by atoms with E-state index in [0.717, 1.165) is 12.1 Å². The highest BCUT2D eigenvalue weighted by molar-refractivity contribution is 5.88. The minimum absolute atomic E-state index is 0.339. The van der Waals surface area contributed by atoms with E-state index in [-0.39, 0.29) is 5.97 Å². The molecule has 14 heavy (non-hydrogen) atoms. The molecule has 0 aromatic carbocycles. The van der Waals surface area contributed by atoms with Gasteiger partial charge in [0, 0.05) is 11.9 Å². The molecule has 3 nitrogen and oxygen atoms in total. The molecule has 0 N–H and O–H groups in total. The van der Waals surface area contributed by atoms with E-state index in [0.29, 0.717) is 11.5 Å². The summed E-state index contributed by atoms with van der Waals surface area (Å²) < 4.78 is 4.58. The van der Waals surface area contributed by atoms with Gasteiger partial charge in [0.1, 0.15) is 0 Å². The van der Waals surface area contributed by atoms with Crippen molar-refractivity contribution in [3.63, 3.8) is 0 Å². The predicted octanol–water partition coefficient (Wildman–Crippen LogP) is 2.07. The van der Waals surface area contributed by atoms with E-state index < -0.39 is 0 Å². The molecule has 0 atom stereocenters. The van der Waals surface area contributed by atoms with Crippen LogP contribution in [0.15, 0.2) is 18.3 Å². The maximum Gasteiger partial charge on any atom is 0.339 e. The van der Waals surface area contributed by atoms with Crippen LogP contribution in [-0.2, 0) is 11.2 Å². The van der Waals surface area contributed by atoms with Gasteiger partial charge >= 0.3 is 5.97 Å². The monoisotopic (exact) mass is 193 g/mol. The zero-order valence-electron chi connectivity index (χ0n) is 8.78. The van der Waals surface area contributed by atoms with E-state index in [1.807, 2.05) is 6.07 Å². The van der Waals surface area contributed by atoms with E-state index >= 15 is 0 Å². The summed E-state index contributed by atoms with van der Waals surface area (Å²) in [5, 5.41) is 0. The lowest BCUT2D eigenvalue weighted by Gasteiger charge is -2.04. The third kappa shape index (κ3) is 2.83. The van der Waals surface area contributed by atoms with Crippen molar-refractivity contribution < 1.29 is 9.53 Å². The second kappa shape index (κ2) is 4.74. The number of aromatic nitrogens is 1. The summed E-state index contributed by atoms with van der Waals surface area (Å²) in [6.45, 7) is 4.27. The van der Waals surface area contributed by atoms with Crippen LogP contribution in [0.5, 0.6) is 0 Å². The fraction of sp³-hybridized carbons (Fsp3) is 0.455. The topological polar surface area (TPSA) is 39.2 Å². The Bertz CT molecular complexity index is 304. The van der Waals surface area contributed by atoms with Gasteiger partial charge in [-0.3, -0.25) is 4.98 Å². The van der Waals surface area contributed by atoms with Crippen molar-refractivity contribution >= 4 is 5.97 Å². The van der Waals surface area contributed by atoms with Crippen LogP contribution in [0.4, 0.5) is 0 Å². The number of hydrogen-bond acceptors (Lipinski definition) is 3. The molecule has 0 fully saturated rings. The van der Waals surface area contributed by atoms with Gasteiger partial charge in [0.05, 0.1) is 12.7 Å².